The number of piperazine rings is 1. The van der Waals surface area contributed by atoms with Gasteiger partial charge in [-0.1, -0.05) is 20.8 Å². The lowest BCUT2D eigenvalue weighted by Crippen LogP contribution is -2.49. The molecule has 0 spiro atoms. The summed E-state index contributed by atoms with van der Waals surface area (Å²) in [6.07, 6.45) is 4.73. The van der Waals surface area contributed by atoms with Crippen molar-refractivity contribution in [1.82, 2.24) is 19.7 Å². The number of carbonyl (C=O) groups excluding carboxylic acids is 1. The van der Waals surface area contributed by atoms with Crippen molar-refractivity contribution in [3.63, 3.8) is 0 Å². The quantitative estimate of drug-likeness (QED) is 0.297. The first-order valence-corrected chi connectivity index (χ1v) is 14.8. The maximum atomic E-state index is 13.9. The van der Waals surface area contributed by atoms with Gasteiger partial charge in [-0.2, -0.15) is 5.10 Å². The second-order valence-corrected chi connectivity index (χ2v) is 12.2. The van der Waals surface area contributed by atoms with Crippen LogP contribution in [-0.2, 0) is 10.2 Å². The third-order valence-electron chi connectivity index (χ3n) is 7.60. The Labute approximate surface area is 258 Å². The molecule has 0 radical (unpaired) electrons. The molecule has 2 N–H and O–H groups in total. The van der Waals surface area contributed by atoms with E-state index in [0.29, 0.717) is 55.4 Å². The zero-order chi connectivity index (χ0) is 31.6. The number of anilines is 2. The molecule has 4 heterocycles. The number of pyridine rings is 1. The van der Waals surface area contributed by atoms with E-state index in [1.165, 1.54) is 35.4 Å². The molecule has 2 saturated heterocycles. The zero-order valence-corrected chi connectivity index (χ0v) is 25.5. The van der Waals surface area contributed by atoms with Crippen LogP contribution in [0.15, 0.2) is 42.7 Å². The summed E-state index contributed by atoms with van der Waals surface area (Å²) in [6.45, 7) is 8.10. The SMILES string of the molecule is CC(C)(C)c1c(C(=O)Nc2ccc(OC(F)(F)Cl)cc2)cnc(N2CCN(C(=O)O)CC2)c1-c1ccnn1C1CCCCO1. The molecule has 5 rings (SSSR count). The lowest BCUT2D eigenvalue weighted by molar-refractivity contribution is -0.0964. The van der Waals surface area contributed by atoms with Gasteiger partial charge in [0.25, 0.3) is 5.91 Å². The number of rotatable bonds is 7. The van der Waals surface area contributed by atoms with Crippen LogP contribution < -0.4 is 15.0 Å². The molecule has 3 aromatic rings. The molecule has 1 atom stereocenters. The Balaban J connectivity index is 1.58. The van der Waals surface area contributed by atoms with Crippen LogP contribution in [0.25, 0.3) is 11.3 Å². The lowest BCUT2D eigenvalue weighted by Gasteiger charge is -2.37. The Hall–Kier alpha value is -3.97. The second-order valence-electron chi connectivity index (χ2n) is 11.8. The first-order chi connectivity index (χ1) is 20.8. The minimum absolute atomic E-state index is 0.159. The highest BCUT2D eigenvalue weighted by Crippen LogP contribution is 2.42. The van der Waals surface area contributed by atoms with Crippen LogP contribution in [-0.4, -0.2) is 75.1 Å². The summed E-state index contributed by atoms with van der Waals surface area (Å²) in [7, 11) is 0. The average Bonchev–Trinajstić information content (AvgIpc) is 3.46. The van der Waals surface area contributed by atoms with E-state index in [1.807, 2.05) is 36.4 Å². The van der Waals surface area contributed by atoms with Crippen molar-refractivity contribution in [2.75, 3.05) is 43.0 Å². The minimum atomic E-state index is -3.86. The van der Waals surface area contributed by atoms with Crippen LogP contribution in [0.3, 0.4) is 0 Å². The zero-order valence-electron chi connectivity index (χ0n) is 24.7. The molecule has 2 aliphatic rings. The number of nitrogens with one attached hydrogen (secondary N) is 1. The van der Waals surface area contributed by atoms with E-state index in [1.54, 1.807) is 6.20 Å². The van der Waals surface area contributed by atoms with Gasteiger partial charge in [-0.05, 0) is 60.6 Å². The highest BCUT2D eigenvalue weighted by molar-refractivity contribution is 6.20. The van der Waals surface area contributed by atoms with Crippen LogP contribution in [0.2, 0.25) is 0 Å². The van der Waals surface area contributed by atoms with E-state index in [2.05, 4.69) is 15.2 Å². The van der Waals surface area contributed by atoms with Crippen molar-refractivity contribution in [3.05, 3.63) is 53.9 Å². The summed E-state index contributed by atoms with van der Waals surface area (Å²) in [5, 5.41) is 17.0. The molecule has 1 unspecified atom stereocenters. The largest absolute Gasteiger partial charge is 0.487 e. The van der Waals surface area contributed by atoms with E-state index < -0.39 is 23.0 Å². The van der Waals surface area contributed by atoms with E-state index in [4.69, 9.17) is 21.3 Å². The Kier molecular flexibility index (Phi) is 8.98. The van der Waals surface area contributed by atoms with Gasteiger partial charge < -0.3 is 29.7 Å². The lowest BCUT2D eigenvalue weighted by atomic mass is 9.80. The Morgan fingerprint density at radius 1 is 1.09 bits per heavy atom. The van der Waals surface area contributed by atoms with Crippen molar-refractivity contribution in [1.29, 1.82) is 0 Å². The number of hydrogen-bond donors (Lipinski definition) is 2. The third-order valence-corrected chi connectivity index (χ3v) is 7.68. The number of alkyl halides is 3. The number of nitrogens with zero attached hydrogens (tertiary/aromatic N) is 5. The van der Waals surface area contributed by atoms with E-state index in [-0.39, 0.29) is 12.0 Å². The monoisotopic (exact) mass is 632 g/mol. The Morgan fingerprint density at radius 3 is 2.39 bits per heavy atom. The van der Waals surface area contributed by atoms with Crippen molar-refractivity contribution in [3.8, 4) is 17.0 Å². The summed E-state index contributed by atoms with van der Waals surface area (Å²) in [4.78, 5) is 33.6. The van der Waals surface area contributed by atoms with Crippen molar-refractivity contribution in [2.24, 2.45) is 0 Å². The molecule has 0 bridgehead atoms. The normalized spacial score (nSPS) is 17.8. The molecule has 0 aliphatic carbocycles. The predicted octanol–water partition coefficient (Wildman–Crippen LogP) is 6.16. The maximum Gasteiger partial charge on any atom is 0.487 e. The van der Waals surface area contributed by atoms with Crippen molar-refractivity contribution in [2.45, 2.75) is 57.2 Å². The van der Waals surface area contributed by atoms with Gasteiger partial charge in [-0.3, -0.25) is 4.79 Å². The fraction of sp³-hybridized carbons (Fsp3) is 0.467. The number of hydrogen-bond acceptors (Lipinski definition) is 7. The van der Waals surface area contributed by atoms with Gasteiger partial charge in [0.1, 0.15) is 11.6 Å². The molecule has 0 saturated carbocycles. The second kappa shape index (κ2) is 12.6. The average molecular weight is 633 g/mol. The van der Waals surface area contributed by atoms with Crippen molar-refractivity contribution >= 4 is 35.1 Å². The number of halogens is 3. The van der Waals surface area contributed by atoms with E-state index in [9.17, 15) is 23.5 Å². The summed E-state index contributed by atoms with van der Waals surface area (Å²) >= 11 is 4.86. The summed E-state index contributed by atoms with van der Waals surface area (Å²) in [6, 6.07) is 7.32. The minimum Gasteiger partial charge on any atom is -0.465 e. The smallest absolute Gasteiger partial charge is 0.465 e. The standard InChI is InChI=1S/C30H35ClF2N6O5/c1-29(2,3)25-21(27(40)36-19-7-9-20(10-8-19)44-30(31,32)33)18-34-26(37-13-15-38(16-14-37)28(41)42)24(25)22-11-12-35-39(22)23-6-4-5-17-43-23/h7-12,18,23H,4-6,13-17H2,1-3H3,(H,36,40)(H,41,42). The molecule has 1 aromatic carbocycles. The summed E-state index contributed by atoms with van der Waals surface area (Å²) in [5.41, 5.74) is -1.56. The number of benzene rings is 1. The van der Waals surface area contributed by atoms with Crippen LogP contribution in [0.1, 0.15) is 62.2 Å². The summed E-state index contributed by atoms with van der Waals surface area (Å²) < 4.78 is 38.4. The topological polar surface area (TPSA) is 122 Å². The molecule has 236 valence electrons. The van der Waals surface area contributed by atoms with Gasteiger partial charge in [0, 0.05) is 68.0 Å². The number of aromatic nitrogens is 3. The highest BCUT2D eigenvalue weighted by atomic mass is 35.5. The van der Waals surface area contributed by atoms with Gasteiger partial charge in [0.15, 0.2) is 6.23 Å². The van der Waals surface area contributed by atoms with Gasteiger partial charge in [0.2, 0.25) is 0 Å². The number of carboxylic acid groups (broad SMARTS) is 1. The molecule has 2 aromatic heterocycles. The first kappa shape index (κ1) is 31.5. The van der Waals surface area contributed by atoms with Gasteiger partial charge in [0.05, 0.1) is 11.3 Å². The molecule has 11 nitrogen and oxygen atoms in total. The molecule has 2 aliphatic heterocycles. The number of ether oxygens (including phenoxy) is 2. The Morgan fingerprint density at radius 2 is 1.80 bits per heavy atom. The van der Waals surface area contributed by atoms with Crippen LogP contribution >= 0.6 is 11.6 Å². The molecular formula is C30H35ClF2N6O5. The van der Waals surface area contributed by atoms with Gasteiger partial charge in [-0.25, -0.2) is 14.5 Å². The number of amides is 2. The fourth-order valence-corrected chi connectivity index (χ4v) is 5.73. The van der Waals surface area contributed by atoms with E-state index in [0.717, 1.165) is 30.5 Å². The van der Waals surface area contributed by atoms with E-state index >= 15 is 0 Å². The van der Waals surface area contributed by atoms with Crippen LogP contribution in [0.4, 0.5) is 25.1 Å². The predicted molar refractivity (Wildman–Crippen MR) is 161 cm³/mol. The number of carbonyl (C=O) groups is 2. The van der Waals surface area contributed by atoms with Crippen LogP contribution in [0, 0.1) is 0 Å². The maximum absolute atomic E-state index is 13.9. The van der Waals surface area contributed by atoms with Crippen LogP contribution in [0.5, 0.6) is 5.75 Å². The molecule has 2 fully saturated rings. The molecule has 44 heavy (non-hydrogen) atoms. The third kappa shape index (κ3) is 7.05. The first-order valence-electron chi connectivity index (χ1n) is 14.4. The molecule has 14 heteroatoms. The Bertz CT molecular complexity index is 1490. The fourth-order valence-electron chi connectivity index (χ4n) is 5.64. The van der Waals surface area contributed by atoms with Gasteiger partial charge >= 0.3 is 11.7 Å². The summed E-state index contributed by atoms with van der Waals surface area (Å²) in [5.74, 6) is 0.0210. The molecule has 2 amide bonds. The molecular weight excluding hydrogens is 598 g/mol. The highest BCUT2D eigenvalue weighted by Gasteiger charge is 2.34. The van der Waals surface area contributed by atoms with Gasteiger partial charge in [-0.15, -0.1) is 8.78 Å². The van der Waals surface area contributed by atoms with Crippen molar-refractivity contribution < 1.29 is 33.0 Å².